The van der Waals surface area contributed by atoms with Gasteiger partial charge in [-0.25, -0.2) is 13.8 Å². The average molecular weight is 353 g/mol. The van der Waals surface area contributed by atoms with Gasteiger partial charge in [-0.1, -0.05) is 0 Å². The van der Waals surface area contributed by atoms with Crippen LogP contribution in [0.25, 0.3) is 5.65 Å². The SMILES string of the molecule is CC1=CN(C(C)c2ccc(F)cn2)[C@H](c2cnc3ccc(F)cn23)N=C1. The largest absolute Gasteiger partial charge is 0.342 e. The zero-order valence-electron chi connectivity index (χ0n) is 14.3. The van der Waals surface area contributed by atoms with Gasteiger partial charge in [0, 0.05) is 18.6 Å². The molecule has 0 bridgehead atoms. The van der Waals surface area contributed by atoms with Crippen LogP contribution in [0.5, 0.6) is 0 Å². The summed E-state index contributed by atoms with van der Waals surface area (Å²) in [5, 5.41) is 0. The standard InChI is InChI=1S/C19H17F2N5/c1-12-7-24-19(17-9-23-18-6-4-15(21)11-26(17)18)25(10-12)13(2)16-5-3-14(20)8-22-16/h3-11,13,19H,1-2H3/t13?,19-/m1/s1. The van der Waals surface area contributed by atoms with Crippen LogP contribution >= 0.6 is 0 Å². The van der Waals surface area contributed by atoms with Gasteiger partial charge in [0.05, 0.1) is 29.8 Å². The van der Waals surface area contributed by atoms with Gasteiger partial charge in [0.1, 0.15) is 17.3 Å². The lowest BCUT2D eigenvalue weighted by atomic mass is 10.1. The first-order valence-electron chi connectivity index (χ1n) is 8.26. The second kappa shape index (κ2) is 6.33. The van der Waals surface area contributed by atoms with Crippen molar-refractivity contribution in [1.82, 2.24) is 19.3 Å². The lowest BCUT2D eigenvalue weighted by molar-refractivity contribution is 0.212. The molecule has 0 radical (unpaired) electrons. The molecule has 132 valence electrons. The molecule has 0 aromatic carbocycles. The van der Waals surface area contributed by atoms with Gasteiger partial charge in [-0.3, -0.25) is 14.4 Å². The molecule has 1 unspecified atom stereocenters. The molecule has 0 fully saturated rings. The molecule has 5 nitrogen and oxygen atoms in total. The monoisotopic (exact) mass is 353 g/mol. The Hall–Kier alpha value is -3.09. The van der Waals surface area contributed by atoms with E-state index in [4.69, 9.17) is 0 Å². The topological polar surface area (TPSA) is 45.8 Å². The molecule has 2 atom stereocenters. The number of nitrogens with zero attached hydrogens (tertiary/aromatic N) is 5. The molecule has 0 aliphatic carbocycles. The second-order valence-electron chi connectivity index (χ2n) is 6.31. The van der Waals surface area contributed by atoms with Crippen molar-refractivity contribution in [3.63, 3.8) is 0 Å². The van der Waals surface area contributed by atoms with Crippen molar-refractivity contribution < 1.29 is 8.78 Å². The molecule has 0 N–H and O–H groups in total. The number of aliphatic imine (C=N–C) groups is 1. The third kappa shape index (κ3) is 2.85. The molecule has 4 heterocycles. The molecular formula is C19H17F2N5. The van der Waals surface area contributed by atoms with E-state index in [1.165, 1.54) is 24.5 Å². The fourth-order valence-corrected chi connectivity index (χ4v) is 3.11. The minimum Gasteiger partial charge on any atom is -0.342 e. The lowest BCUT2D eigenvalue weighted by Gasteiger charge is -2.35. The first kappa shape index (κ1) is 16.4. The van der Waals surface area contributed by atoms with Crippen LogP contribution < -0.4 is 0 Å². The summed E-state index contributed by atoms with van der Waals surface area (Å²) < 4.78 is 28.6. The van der Waals surface area contributed by atoms with Gasteiger partial charge in [-0.05, 0) is 43.7 Å². The van der Waals surface area contributed by atoms with Crippen molar-refractivity contribution in [2.24, 2.45) is 4.99 Å². The molecule has 7 heteroatoms. The van der Waals surface area contributed by atoms with Gasteiger partial charge >= 0.3 is 0 Å². The van der Waals surface area contributed by atoms with Crippen LogP contribution in [0, 0.1) is 11.6 Å². The lowest BCUT2D eigenvalue weighted by Crippen LogP contribution is -2.29. The van der Waals surface area contributed by atoms with Gasteiger partial charge in [0.2, 0.25) is 0 Å². The molecule has 4 rings (SSSR count). The second-order valence-corrected chi connectivity index (χ2v) is 6.31. The van der Waals surface area contributed by atoms with Crippen molar-refractivity contribution in [3.8, 4) is 0 Å². The Kier molecular flexibility index (Phi) is 3.99. The van der Waals surface area contributed by atoms with Gasteiger partial charge in [0.25, 0.3) is 0 Å². The summed E-state index contributed by atoms with van der Waals surface area (Å²) in [6, 6.07) is 5.89. The molecule has 1 aliphatic rings. The zero-order chi connectivity index (χ0) is 18.3. The Morgan fingerprint density at radius 3 is 2.62 bits per heavy atom. The Morgan fingerprint density at radius 1 is 1.04 bits per heavy atom. The average Bonchev–Trinajstić information content (AvgIpc) is 3.04. The van der Waals surface area contributed by atoms with Crippen LogP contribution in [0.4, 0.5) is 8.78 Å². The van der Waals surface area contributed by atoms with Crippen LogP contribution in [-0.4, -0.2) is 25.5 Å². The maximum absolute atomic E-state index is 13.7. The number of imidazole rings is 1. The van der Waals surface area contributed by atoms with E-state index in [9.17, 15) is 8.78 Å². The Balaban J connectivity index is 1.77. The smallest absolute Gasteiger partial charge is 0.164 e. The molecule has 0 saturated carbocycles. The van der Waals surface area contributed by atoms with E-state index in [0.717, 1.165) is 17.0 Å². The van der Waals surface area contributed by atoms with Crippen LogP contribution in [-0.2, 0) is 0 Å². The van der Waals surface area contributed by atoms with Gasteiger partial charge in [-0.2, -0.15) is 0 Å². The molecule has 3 aromatic rings. The summed E-state index contributed by atoms with van der Waals surface area (Å²) in [6.07, 6.45) is 7.67. The first-order chi connectivity index (χ1) is 12.5. The van der Waals surface area contributed by atoms with E-state index in [0.29, 0.717) is 5.65 Å². The number of allylic oxidation sites excluding steroid dienone is 1. The number of hydrogen-bond donors (Lipinski definition) is 0. The summed E-state index contributed by atoms with van der Waals surface area (Å²) in [5.41, 5.74) is 3.09. The summed E-state index contributed by atoms with van der Waals surface area (Å²) in [6.45, 7) is 3.92. The highest BCUT2D eigenvalue weighted by Gasteiger charge is 2.28. The number of rotatable bonds is 3. The summed E-state index contributed by atoms with van der Waals surface area (Å²) in [5.74, 6) is -0.721. The number of pyridine rings is 2. The maximum Gasteiger partial charge on any atom is 0.164 e. The van der Waals surface area contributed by atoms with Crippen molar-refractivity contribution in [2.75, 3.05) is 0 Å². The van der Waals surface area contributed by atoms with E-state index < -0.39 is 6.17 Å². The summed E-state index contributed by atoms with van der Waals surface area (Å²) in [4.78, 5) is 15.2. The summed E-state index contributed by atoms with van der Waals surface area (Å²) >= 11 is 0. The third-order valence-electron chi connectivity index (χ3n) is 4.44. The Labute approximate surface area is 149 Å². The Bertz CT molecular complexity index is 1010. The van der Waals surface area contributed by atoms with E-state index in [1.807, 2.05) is 24.9 Å². The van der Waals surface area contributed by atoms with Crippen molar-refractivity contribution in [1.29, 1.82) is 0 Å². The fourth-order valence-electron chi connectivity index (χ4n) is 3.11. The first-order valence-corrected chi connectivity index (χ1v) is 8.26. The molecule has 0 amide bonds. The minimum absolute atomic E-state index is 0.160. The van der Waals surface area contributed by atoms with E-state index >= 15 is 0 Å². The predicted octanol–water partition coefficient (Wildman–Crippen LogP) is 4.06. The maximum atomic E-state index is 13.7. The zero-order valence-corrected chi connectivity index (χ0v) is 14.3. The van der Waals surface area contributed by atoms with Crippen LogP contribution in [0.3, 0.4) is 0 Å². The number of fused-ring (bicyclic) bond motifs is 1. The van der Waals surface area contributed by atoms with Crippen molar-refractivity contribution in [2.45, 2.75) is 26.1 Å². The quantitative estimate of drug-likeness (QED) is 0.713. The molecule has 0 spiro atoms. The fraction of sp³-hybridized carbons (Fsp3) is 0.211. The summed E-state index contributed by atoms with van der Waals surface area (Å²) in [7, 11) is 0. The number of hydrogen-bond acceptors (Lipinski definition) is 4. The van der Waals surface area contributed by atoms with Crippen LogP contribution in [0.15, 0.2) is 59.6 Å². The van der Waals surface area contributed by atoms with Gasteiger partial charge in [-0.15, -0.1) is 0 Å². The van der Waals surface area contributed by atoms with Crippen LogP contribution in [0.2, 0.25) is 0 Å². The van der Waals surface area contributed by atoms with Gasteiger partial charge < -0.3 is 4.90 Å². The molecular weight excluding hydrogens is 336 g/mol. The van der Waals surface area contributed by atoms with E-state index in [1.54, 1.807) is 28.9 Å². The van der Waals surface area contributed by atoms with Crippen molar-refractivity contribution in [3.05, 3.63) is 77.7 Å². The van der Waals surface area contributed by atoms with Crippen molar-refractivity contribution >= 4 is 11.9 Å². The molecule has 1 aliphatic heterocycles. The normalized spacial score (nSPS) is 18.2. The van der Waals surface area contributed by atoms with Crippen LogP contribution in [0.1, 0.15) is 37.4 Å². The number of halogens is 2. The Morgan fingerprint density at radius 2 is 1.85 bits per heavy atom. The highest BCUT2D eigenvalue weighted by Crippen LogP contribution is 2.34. The predicted molar refractivity (Wildman–Crippen MR) is 94.6 cm³/mol. The van der Waals surface area contributed by atoms with E-state index in [-0.39, 0.29) is 17.7 Å². The third-order valence-corrected chi connectivity index (χ3v) is 4.44. The highest BCUT2D eigenvalue weighted by molar-refractivity contribution is 5.78. The minimum atomic E-state index is -0.391. The molecule has 26 heavy (non-hydrogen) atoms. The number of aromatic nitrogens is 3. The molecule has 0 saturated heterocycles. The van der Waals surface area contributed by atoms with E-state index in [2.05, 4.69) is 15.0 Å². The molecule has 3 aromatic heterocycles. The highest BCUT2D eigenvalue weighted by atomic mass is 19.1. The van der Waals surface area contributed by atoms with Gasteiger partial charge in [0.15, 0.2) is 6.17 Å².